The van der Waals surface area contributed by atoms with Gasteiger partial charge in [-0.05, 0) is 20.8 Å². The Morgan fingerprint density at radius 3 is 2.29 bits per heavy atom. The van der Waals surface area contributed by atoms with Gasteiger partial charge in [-0.15, -0.1) is 0 Å². The Balaban J connectivity index is 2.57. The first kappa shape index (κ1) is 15.8. The van der Waals surface area contributed by atoms with E-state index < -0.39 is 15.6 Å². The number of amides is 1. The number of aromatic nitrogens is 2. The predicted octanol–water partition coefficient (Wildman–Crippen LogP) is -0.448. The van der Waals surface area contributed by atoms with Gasteiger partial charge in [-0.1, -0.05) is 0 Å². The average molecular weight is 315 g/mol. The van der Waals surface area contributed by atoms with E-state index in [-0.39, 0.29) is 23.2 Å². The van der Waals surface area contributed by atoms with Crippen molar-refractivity contribution in [1.82, 2.24) is 19.0 Å². The van der Waals surface area contributed by atoms with E-state index in [2.05, 4.69) is 5.10 Å². The van der Waals surface area contributed by atoms with Gasteiger partial charge in [0.1, 0.15) is 10.4 Å². The Labute approximate surface area is 124 Å². The standard InChI is InChI=1S/C12H21N5O3S/c1-8-9(10(13)14-16(8)5)21(19,20)17-7-6-15(4)11(18)12(17,2)3/h6-7H2,1-5H3,(H2,13,14). The highest BCUT2D eigenvalue weighted by molar-refractivity contribution is 7.89. The molecule has 2 N–H and O–H groups in total. The number of rotatable bonds is 2. The summed E-state index contributed by atoms with van der Waals surface area (Å²) in [7, 11) is -0.595. The van der Waals surface area contributed by atoms with E-state index in [1.165, 1.54) is 13.9 Å². The molecule has 1 aliphatic rings. The Bertz CT molecular complexity index is 692. The van der Waals surface area contributed by atoms with Crippen molar-refractivity contribution in [3.8, 4) is 0 Å². The zero-order chi connectivity index (χ0) is 16.2. The van der Waals surface area contributed by atoms with E-state index in [0.717, 1.165) is 0 Å². The molecule has 1 saturated heterocycles. The Hall–Kier alpha value is -1.61. The number of nitrogens with zero attached hydrogens (tertiary/aromatic N) is 4. The number of sulfonamides is 1. The number of carbonyl (C=O) groups excluding carboxylic acids is 1. The summed E-state index contributed by atoms with van der Waals surface area (Å²) in [6.45, 7) is 5.42. The van der Waals surface area contributed by atoms with E-state index in [4.69, 9.17) is 5.73 Å². The summed E-state index contributed by atoms with van der Waals surface area (Å²) in [4.78, 5) is 13.8. The minimum absolute atomic E-state index is 0.0181. The highest BCUT2D eigenvalue weighted by Gasteiger charge is 2.48. The number of hydrogen-bond acceptors (Lipinski definition) is 5. The van der Waals surface area contributed by atoms with Crippen LogP contribution < -0.4 is 5.73 Å². The van der Waals surface area contributed by atoms with Crippen LogP contribution >= 0.6 is 0 Å². The van der Waals surface area contributed by atoms with Gasteiger partial charge in [0.05, 0.1) is 5.69 Å². The predicted molar refractivity (Wildman–Crippen MR) is 78.0 cm³/mol. The van der Waals surface area contributed by atoms with Crippen molar-refractivity contribution in [2.24, 2.45) is 7.05 Å². The molecule has 0 aromatic carbocycles. The highest BCUT2D eigenvalue weighted by atomic mass is 32.2. The van der Waals surface area contributed by atoms with E-state index >= 15 is 0 Å². The molecule has 1 aromatic rings. The molecule has 8 nitrogen and oxygen atoms in total. The summed E-state index contributed by atoms with van der Waals surface area (Å²) < 4.78 is 28.5. The lowest BCUT2D eigenvalue weighted by Crippen LogP contribution is -2.63. The van der Waals surface area contributed by atoms with Gasteiger partial charge in [-0.2, -0.15) is 9.40 Å². The summed E-state index contributed by atoms with van der Waals surface area (Å²) in [5.74, 6) is -0.283. The van der Waals surface area contributed by atoms with Gasteiger partial charge in [0.15, 0.2) is 5.82 Å². The smallest absolute Gasteiger partial charge is 0.249 e. The van der Waals surface area contributed by atoms with Gasteiger partial charge in [0, 0.05) is 27.2 Å². The van der Waals surface area contributed by atoms with E-state index in [0.29, 0.717) is 12.2 Å². The summed E-state index contributed by atoms with van der Waals surface area (Å²) in [6.07, 6.45) is 0. The number of nitrogens with two attached hydrogens (primary N) is 1. The second kappa shape index (κ2) is 4.70. The fourth-order valence-corrected chi connectivity index (χ4v) is 4.69. The molecule has 1 fully saturated rings. The molecule has 0 bridgehead atoms. The number of nitrogen functional groups attached to an aromatic ring is 1. The van der Waals surface area contributed by atoms with Crippen LogP contribution in [-0.4, -0.2) is 59.0 Å². The molecule has 21 heavy (non-hydrogen) atoms. The number of carbonyl (C=O) groups is 1. The number of aryl methyl sites for hydroxylation is 1. The molecule has 118 valence electrons. The number of likely N-dealkylation sites (N-methyl/N-ethyl adjacent to an activating group) is 1. The van der Waals surface area contributed by atoms with Crippen LogP contribution in [-0.2, 0) is 21.9 Å². The molecule has 2 heterocycles. The lowest BCUT2D eigenvalue weighted by atomic mass is 10.0. The lowest BCUT2D eigenvalue weighted by molar-refractivity contribution is -0.142. The second-order valence-corrected chi connectivity index (χ2v) is 7.59. The average Bonchev–Trinajstić information content (AvgIpc) is 2.60. The zero-order valence-electron chi connectivity index (χ0n) is 12.9. The van der Waals surface area contributed by atoms with Crippen molar-refractivity contribution in [2.75, 3.05) is 25.9 Å². The van der Waals surface area contributed by atoms with E-state index in [1.807, 2.05) is 0 Å². The third-order valence-electron chi connectivity index (χ3n) is 3.98. The molecule has 0 saturated carbocycles. The molecule has 0 radical (unpaired) electrons. The molecule has 0 unspecified atom stereocenters. The third-order valence-corrected chi connectivity index (χ3v) is 6.22. The van der Waals surface area contributed by atoms with Gasteiger partial charge in [-0.3, -0.25) is 9.48 Å². The fourth-order valence-electron chi connectivity index (χ4n) is 2.66. The van der Waals surface area contributed by atoms with Crippen LogP contribution in [0.3, 0.4) is 0 Å². The lowest BCUT2D eigenvalue weighted by Gasteiger charge is -2.43. The van der Waals surface area contributed by atoms with Crippen LogP contribution in [0.5, 0.6) is 0 Å². The van der Waals surface area contributed by atoms with Crippen LogP contribution in [0.15, 0.2) is 4.90 Å². The maximum Gasteiger partial charge on any atom is 0.249 e. The fraction of sp³-hybridized carbons (Fsp3) is 0.667. The quantitative estimate of drug-likeness (QED) is 0.796. The maximum absolute atomic E-state index is 12.9. The molecule has 0 aliphatic carbocycles. The van der Waals surface area contributed by atoms with Gasteiger partial charge in [-0.25, -0.2) is 8.42 Å². The highest BCUT2D eigenvalue weighted by Crippen LogP contribution is 2.32. The Kier molecular flexibility index (Phi) is 3.53. The normalized spacial score (nSPS) is 20.0. The molecule has 2 rings (SSSR count). The minimum Gasteiger partial charge on any atom is -0.381 e. The number of piperazine rings is 1. The van der Waals surface area contributed by atoms with Crippen molar-refractivity contribution >= 4 is 21.7 Å². The van der Waals surface area contributed by atoms with Crippen molar-refractivity contribution < 1.29 is 13.2 Å². The largest absolute Gasteiger partial charge is 0.381 e. The summed E-state index contributed by atoms with van der Waals surface area (Å²) in [5.41, 5.74) is 5.05. The van der Waals surface area contributed by atoms with Gasteiger partial charge < -0.3 is 10.6 Å². The van der Waals surface area contributed by atoms with Crippen LogP contribution in [0.4, 0.5) is 5.82 Å². The van der Waals surface area contributed by atoms with Crippen LogP contribution in [0.2, 0.25) is 0 Å². The molecular weight excluding hydrogens is 294 g/mol. The first-order valence-electron chi connectivity index (χ1n) is 6.58. The molecule has 9 heteroatoms. The molecular formula is C12H21N5O3S. The van der Waals surface area contributed by atoms with Gasteiger partial charge in [0.2, 0.25) is 15.9 Å². The Morgan fingerprint density at radius 2 is 1.81 bits per heavy atom. The first-order chi connectivity index (χ1) is 9.51. The van der Waals surface area contributed by atoms with Crippen molar-refractivity contribution in [3.05, 3.63) is 5.69 Å². The summed E-state index contributed by atoms with van der Waals surface area (Å²) in [5, 5.41) is 3.95. The zero-order valence-corrected chi connectivity index (χ0v) is 13.7. The molecule has 1 aromatic heterocycles. The van der Waals surface area contributed by atoms with E-state index in [9.17, 15) is 13.2 Å². The summed E-state index contributed by atoms with van der Waals surface area (Å²) in [6, 6.07) is 0. The molecule has 0 atom stereocenters. The molecule has 0 spiro atoms. The molecule has 1 amide bonds. The number of anilines is 1. The van der Waals surface area contributed by atoms with Gasteiger partial charge in [0.25, 0.3) is 0 Å². The Morgan fingerprint density at radius 1 is 1.24 bits per heavy atom. The monoisotopic (exact) mass is 315 g/mol. The number of hydrogen-bond donors (Lipinski definition) is 1. The second-order valence-electron chi connectivity index (χ2n) is 5.79. The molecule has 1 aliphatic heterocycles. The van der Waals surface area contributed by atoms with Crippen LogP contribution in [0.1, 0.15) is 19.5 Å². The van der Waals surface area contributed by atoms with E-state index in [1.54, 1.807) is 34.9 Å². The summed E-state index contributed by atoms with van der Waals surface area (Å²) >= 11 is 0. The topological polar surface area (TPSA) is 102 Å². The van der Waals surface area contributed by atoms with Crippen molar-refractivity contribution in [3.63, 3.8) is 0 Å². The van der Waals surface area contributed by atoms with Crippen molar-refractivity contribution in [2.45, 2.75) is 31.2 Å². The van der Waals surface area contributed by atoms with Crippen LogP contribution in [0.25, 0.3) is 0 Å². The van der Waals surface area contributed by atoms with Crippen molar-refractivity contribution in [1.29, 1.82) is 0 Å². The minimum atomic E-state index is -3.89. The first-order valence-corrected chi connectivity index (χ1v) is 8.02. The maximum atomic E-state index is 12.9. The van der Waals surface area contributed by atoms with Gasteiger partial charge >= 0.3 is 0 Å². The van der Waals surface area contributed by atoms with Crippen LogP contribution in [0, 0.1) is 6.92 Å². The third kappa shape index (κ3) is 2.20. The SMILES string of the molecule is Cc1c(S(=O)(=O)N2CCN(C)C(=O)C2(C)C)c(N)nn1C.